The van der Waals surface area contributed by atoms with E-state index in [4.69, 9.17) is 19.9 Å². The minimum atomic E-state index is -1.38. The summed E-state index contributed by atoms with van der Waals surface area (Å²) in [6, 6.07) is 76.1. The van der Waals surface area contributed by atoms with Crippen LogP contribution < -0.4 is 10.6 Å². The smallest absolute Gasteiger partial charge is 0.204 e. The van der Waals surface area contributed by atoms with Crippen molar-refractivity contribution in [3.8, 4) is 136 Å². The molecule has 28 rings (SSSR count). The summed E-state index contributed by atoms with van der Waals surface area (Å²) in [5.41, 5.74) is 27.0. The standard InChI is InChI=1S/C20H20N3.2C19H20N3Si.C16H11FN3.4C10H8N3.4Ir/c1-20(2,3)18-13-21-19-15-9-10-16(14-7-5-4-6-8-14)22-17(15)11-12-23(18)19;1-23(2,3)18-13-21-19-16-12-20-17(14-7-5-4-6-8-14)11-15(16)9-10-22(18)19;1-23(2,3)18-13-20-19-15-9-10-16(14-7-5-4-6-8-14)21-17(15)11-12-22(18)19;17-15-10-18-16-12-6-7-13(11-4-2-1-3-5-11)19-14(12)8-9-20(15)16;1-3-11-7-9-8(1)2-5-13-6-4-12-10(9)13;3*1-2-8-9(11-4-1)3-6-13-7-5-12-10(8)13;;;;/h4-8,10,13H,11-12H2,1-3H3;4-8,11,13H,9-10H2,1-3H3;4-8,10,13H,11-12H2,1-3H3;1-5,7,10H,8-9H2;1,3-4,6H,2,5H2;3*1,4-5,7H,3,6H2;;;;/q8*-1;;;;. The van der Waals surface area contributed by atoms with Crippen LogP contribution in [0.5, 0.6) is 0 Å². The number of aromatic nitrogens is 24. The molecule has 0 saturated carbocycles. The van der Waals surface area contributed by atoms with E-state index < -0.39 is 16.1 Å². The molecule has 16 aromatic heterocycles. The first-order valence-corrected chi connectivity index (χ1v) is 55.0. The summed E-state index contributed by atoms with van der Waals surface area (Å²) in [6.45, 7) is 28.3. The quantitative estimate of drug-likeness (QED) is 0.111. The topological polar surface area (TPSA) is 246 Å². The molecular weight excluding hydrogens is 2550 g/mol. The van der Waals surface area contributed by atoms with Crippen LogP contribution in [0.1, 0.15) is 71.8 Å². The van der Waals surface area contributed by atoms with Crippen molar-refractivity contribution < 1.29 is 84.8 Å². The number of halogens is 1. The Balaban J connectivity index is 0.000000114. The molecule has 20 aromatic rings. The second-order valence-corrected chi connectivity index (χ2v) is 48.6. The molecule has 0 aliphatic carbocycles. The van der Waals surface area contributed by atoms with Gasteiger partial charge in [-0.25, -0.2) is 0 Å². The van der Waals surface area contributed by atoms with E-state index >= 15 is 0 Å². The number of imidazole rings is 8. The van der Waals surface area contributed by atoms with Crippen LogP contribution in [0.4, 0.5) is 4.39 Å². The van der Waals surface area contributed by atoms with Gasteiger partial charge in [-0.3, -0.25) is 39.9 Å². The molecule has 4 radical (unpaired) electrons. The Morgan fingerprint density at radius 1 is 0.297 bits per heavy atom. The summed E-state index contributed by atoms with van der Waals surface area (Å²) in [5.74, 6) is 7.38. The van der Waals surface area contributed by atoms with Crippen LogP contribution in [0.25, 0.3) is 136 Å². The Morgan fingerprint density at radius 2 is 0.628 bits per heavy atom. The molecule has 24 nitrogen and oxygen atoms in total. The third-order valence-corrected chi connectivity index (χ3v) is 30.1. The minimum Gasteiger partial charge on any atom is -0.372 e. The SMILES string of the molecule is CC(C)(C)c1cnc2n1CCc1nc(-c3ccccc3)c[c-]c1-2.C[Si](C)(C)c1cnc2n1CCc1cc(-c3ccccc3)n[c-]c1-2.C[Si](C)(C)c1cnc2n1CCc1nc(-c3ccccc3)c[c-]c1-2.Fc1cnc2n1CCc1nc(-c3ccccc3)c[c-]c1-2.[Ir].[Ir].[Ir].[Ir].[c-]1ccnc2c1-c1nccn1CC2.[c-]1ccnc2c1-c1nccn1CC2.[c-]1ccnc2c1-c1nccn1CC2.[c-]1nccc2c1-c1nccn1CC2. The molecule has 0 spiro atoms. The van der Waals surface area contributed by atoms with Gasteiger partial charge in [-0.05, 0) is 143 Å². The number of benzene rings is 4. The van der Waals surface area contributed by atoms with Crippen LogP contribution in [0.3, 0.4) is 0 Å². The average molecular weight is 2650 g/mol. The first kappa shape index (κ1) is 103. The van der Waals surface area contributed by atoms with Gasteiger partial charge in [0.2, 0.25) is 5.95 Å². The zero-order valence-corrected chi connectivity index (χ0v) is 93.2. The molecule has 8 aliphatic heterocycles. The van der Waals surface area contributed by atoms with Crippen LogP contribution in [0.15, 0.2) is 269 Å². The summed E-state index contributed by atoms with van der Waals surface area (Å²) >= 11 is 0. The average Bonchev–Trinajstić information content (AvgIpc) is 1.60. The van der Waals surface area contributed by atoms with Crippen LogP contribution in [0, 0.1) is 54.7 Å². The predicted molar refractivity (Wildman–Crippen MR) is 550 cm³/mol. The molecule has 145 heavy (non-hydrogen) atoms. The van der Waals surface area contributed by atoms with Gasteiger partial charge >= 0.3 is 0 Å². The Kier molecular flexibility index (Phi) is 32.1. The zero-order chi connectivity index (χ0) is 96.3. The molecule has 24 heterocycles. The third kappa shape index (κ3) is 22.1. The molecule has 8 aliphatic rings. The summed E-state index contributed by atoms with van der Waals surface area (Å²) in [4.78, 5) is 71.3. The number of hydrogen-bond acceptors (Lipinski definition) is 16. The van der Waals surface area contributed by atoms with Crippen molar-refractivity contribution in [3.05, 3.63) is 375 Å². The van der Waals surface area contributed by atoms with Gasteiger partial charge in [-0.15, -0.1) is 96.1 Å². The van der Waals surface area contributed by atoms with Crippen molar-refractivity contribution in [2.75, 3.05) is 0 Å². The predicted octanol–water partition coefficient (Wildman–Crippen LogP) is 19.6. The van der Waals surface area contributed by atoms with E-state index in [1.165, 1.54) is 33.7 Å². The van der Waals surface area contributed by atoms with Crippen molar-refractivity contribution in [2.45, 2.75) is 169 Å². The van der Waals surface area contributed by atoms with Gasteiger partial charge in [0.05, 0.1) is 68.9 Å². The first-order valence-electron chi connectivity index (χ1n) is 48.0. The first-order chi connectivity index (χ1) is 68.7. The summed E-state index contributed by atoms with van der Waals surface area (Å²) in [5, 5.41) is 2.83. The van der Waals surface area contributed by atoms with Crippen LogP contribution in [-0.2, 0) is 190 Å². The number of aryl methyl sites for hydroxylation is 12. The van der Waals surface area contributed by atoms with Gasteiger partial charge in [0.25, 0.3) is 0 Å². The van der Waals surface area contributed by atoms with E-state index in [0.717, 1.165) is 255 Å². The molecule has 0 fully saturated rings. The summed E-state index contributed by atoms with van der Waals surface area (Å²) in [7, 11) is -2.76. The van der Waals surface area contributed by atoms with E-state index in [0.29, 0.717) is 18.8 Å². The van der Waals surface area contributed by atoms with E-state index in [-0.39, 0.29) is 91.8 Å². The normalized spacial score (nSPS) is 13.1. The van der Waals surface area contributed by atoms with E-state index in [9.17, 15) is 4.39 Å². The molecule has 0 saturated heterocycles. The molecule has 0 unspecified atom stereocenters. The number of pyridine rings is 8. The van der Waals surface area contributed by atoms with Crippen LogP contribution in [-0.4, -0.2) is 132 Å². The van der Waals surface area contributed by atoms with Gasteiger partial charge in [0.1, 0.15) is 0 Å². The van der Waals surface area contributed by atoms with Crippen LogP contribution >= 0.6 is 0 Å². The maximum Gasteiger partial charge on any atom is 0.204 e. The Bertz CT molecular complexity index is 7190. The fraction of sp³-hybridized carbons (Fsp3) is 0.228. The maximum absolute atomic E-state index is 13.5. The third-order valence-electron chi connectivity index (χ3n) is 26.2. The second-order valence-electron chi connectivity index (χ2n) is 38.6. The fourth-order valence-corrected chi connectivity index (χ4v) is 22.1. The van der Waals surface area contributed by atoms with Crippen molar-refractivity contribution in [3.63, 3.8) is 0 Å². The van der Waals surface area contributed by atoms with Crippen molar-refractivity contribution >= 4 is 26.8 Å². The summed E-state index contributed by atoms with van der Waals surface area (Å²) < 4.78 is 30.8. The monoisotopic (exact) mass is 2650 g/mol. The number of nitrogens with zero attached hydrogens (tertiary/aromatic N) is 24. The molecule has 0 atom stereocenters. The fourth-order valence-electron chi connectivity index (χ4n) is 19.1. The number of hydrogen-bond donors (Lipinski definition) is 0. The van der Waals surface area contributed by atoms with Crippen LogP contribution in [0.2, 0.25) is 39.3 Å². The number of rotatable bonds is 6. The number of fused-ring (bicyclic) bond motifs is 24. The molecule has 0 amide bonds. The zero-order valence-electron chi connectivity index (χ0n) is 81.7. The van der Waals surface area contributed by atoms with E-state index in [1.54, 1.807) is 29.4 Å². The molecule has 31 heteroatoms. The maximum atomic E-state index is 13.5. The molecule has 4 aromatic carbocycles. The van der Waals surface area contributed by atoms with Gasteiger partial charge in [-0.2, -0.15) is 4.39 Å². The summed E-state index contributed by atoms with van der Waals surface area (Å²) in [6.07, 6.45) is 43.7. The van der Waals surface area contributed by atoms with Gasteiger partial charge < -0.3 is 76.4 Å². The Hall–Kier alpha value is -13.3. The Morgan fingerprint density at radius 3 is 1.05 bits per heavy atom. The van der Waals surface area contributed by atoms with E-state index in [1.807, 2.05) is 183 Å². The molecular formula is C114H103FIr4N24Si2-8. The second kappa shape index (κ2) is 45.2. The molecule has 738 valence electrons. The van der Waals surface area contributed by atoms with Crippen molar-refractivity contribution in [1.82, 2.24) is 116 Å². The Labute approximate surface area is 900 Å². The van der Waals surface area contributed by atoms with Crippen molar-refractivity contribution in [2.24, 2.45) is 0 Å². The van der Waals surface area contributed by atoms with E-state index in [2.05, 4.69) is 255 Å². The van der Waals surface area contributed by atoms with Gasteiger partial charge in [0, 0.05) is 223 Å². The molecule has 0 bridgehead atoms. The van der Waals surface area contributed by atoms with Crippen molar-refractivity contribution in [1.29, 1.82) is 0 Å². The van der Waals surface area contributed by atoms with Gasteiger partial charge in [-0.1, -0.05) is 251 Å². The van der Waals surface area contributed by atoms with Gasteiger partial charge in [0.15, 0.2) is 0 Å². The molecule has 0 N–H and O–H groups in total. The minimum absolute atomic E-state index is 0. The largest absolute Gasteiger partial charge is 0.372 e.